The van der Waals surface area contributed by atoms with Crippen molar-refractivity contribution in [2.24, 2.45) is 15.7 Å². The van der Waals surface area contributed by atoms with Gasteiger partial charge in [0.25, 0.3) is 0 Å². The molecule has 4 aliphatic rings. The minimum absolute atomic E-state index is 0. The Labute approximate surface area is 250 Å². The number of aliphatic imine (C=N–C) groups is 2. The predicted octanol–water partition coefficient (Wildman–Crippen LogP) is 0.968. The van der Waals surface area contributed by atoms with E-state index < -0.39 is 12.0 Å². The van der Waals surface area contributed by atoms with Crippen molar-refractivity contribution >= 4 is 46.6 Å². The molecule has 0 amide bonds. The third-order valence-corrected chi connectivity index (χ3v) is 5.94. The third-order valence-electron chi connectivity index (χ3n) is 5.57. The molecule has 37 heavy (non-hydrogen) atoms. The Morgan fingerprint density at radius 1 is 1.03 bits per heavy atom. The number of thiocarbonyl (C=S) groups is 1. The van der Waals surface area contributed by atoms with E-state index >= 15 is 0 Å². The molecule has 0 fully saturated rings. The summed E-state index contributed by atoms with van der Waals surface area (Å²) in [5.74, 6) is -1.01. The topological polar surface area (TPSA) is 145 Å². The Kier molecular flexibility index (Phi) is 8.74. The van der Waals surface area contributed by atoms with Gasteiger partial charge in [0.05, 0.1) is 40.9 Å². The van der Waals surface area contributed by atoms with Crippen molar-refractivity contribution in [1.29, 1.82) is 0 Å². The van der Waals surface area contributed by atoms with Gasteiger partial charge in [-0.2, -0.15) is 0 Å². The summed E-state index contributed by atoms with van der Waals surface area (Å²) in [6.07, 6.45) is 21.5. The van der Waals surface area contributed by atoms with Crippen molar-refractivity contribution in [2.75, 3.05) is 0 Å². The van der Waals surface area contributed by atoms with Gasteiger partial charge in [-0.1, -0.05) is 12.2 Å². The molecule has 2 atom stereocenters. The van der Waals surface area contributed by atoms with E-state index in [9.17, 15) is 4.79 Å². The van der Waals surface area contributed by atoms with Gasteiger partial charge in [-0.25, -0.2) is 15.0 Å². The minimum atomic E-state index is -1.01. The molecule has 2 unspecified atom stereocenters. The average Bonchev–Trinajstić information content (AvgIpc) is 3.65. The summed E-state index contributed by atoms with van der Waals surface area (Å²) in [7, 11) is 0. The average molecular weight is 648 g/mol. The van der Waals surface area contributed by atoms with Crippen LogP contribution in [0.15, 0.2) is 94.3 Å². The molecule has 0 saturated carbocycles. The zero-order valence-electron chi connectivity index (χ0n) is 19.5. The number of rotatable bonds is 3. The summed E-state index contributed by atoms with van der Waals surface area (Å²) < 4.78 is 0. The Balaban J connectivity index is 0.000000227. The molecule has 0 saturated heterocycles. The molecule has 11 heteroatoms. The van der Waals surface area contributed by atoms with Crippen LogP contribution in [-0.2, 0) is 11.2 Å². The van der Waals surface area contributed by atoms with Crippen LogP contribution in [0.4, 0.5) is 0 Å². The number of hydrogen-bond donors (Lipinski definition) is 5. The first kappa shape index (κ1) is 27.0. The molecule has 2 aromatic rings. The van der Waals surface area contributed by atoms with E-state index in [4.69, 9.17) is 23.1 Å². The first-order valence-electron chi connectivity index (χ1n) is 11.2. The SMILES string of the molecule is NC(Cc1c[nH]cn1)C(=O)O.S=C1C=C2C=C3C=CC(=N3)C=c3ccc([nH]3)=CC3=NC(=CC1N2)C=C3.[Sm]. The van der Waals surface area contributed by atoms with Crippen molar-refractivity contribution in [3.63, 3.8) is 0 Å². The smallest absolute Gasteiger partial charge is 0.320 e. The van der Waals surface area contributed by atoms with Crippen LogP contribution >= 0.6 is 12.2 Å². The van der Waals surface area contributed by atoms with Crippen molar-refractivity contribution in [3.05, 3.63) is 101 Å². The standard InChI is InChI=1S/C20H14N4S.C6H9N3O2.Sm/c25-20-11-18-9-16-4-3-14(22-16)7-12-1-2-13(21-12)8-15-5-6-17(23-15)10-19(20)24-18;7-5(6(10)11)1-4-2-8-3-9-4;/h1-11,19,21,24H;2-3,5H,1,7H2,(H,8,9)(H,10,11);. The molecular weight excluding hydrogens is 625 g/mol. The summed E-state index contributed by atoms with van der Waals surface area (Å²) >= 11 is 5.49. The van der Waals surface area contributed by atoms with Gasteiger partial charge in [0, 0.05) is 74.3 Å². The Bertz CT molecular complexity index is 1560. The quantitative estimate of drug-likeness (QED) is 0.314. The first-order valence-corrected chi connectivity index (χ1v) is 11.7. The summed E-state index contributed by atoms with van der Waals surface area (Å²) in [6.45, 7) is 0. The number of aliphatic carboxylic acids is 1. The number of allylic oxidation sites excluding steroid dienone is 5. The van der Waals surface area contributed by atoms with Gasteiger partial charge in [0.15, 0.2) is 0 Å². The number of fused-ring (bicyclic) bond motifs is 6. The Morgan fingerprint density at radius 3 is 2.35 bits per heavy atom. The molecule has 2 aromatic heterocycles. The molecule has 6 heterocycles. The van der Waals surface area contributed by atoms with Gasteiger partial charge in [0.2, 0.25) is 0 Å². The normalized spacial score (nSPS) is 19.4. The van der Waals surface area contributed by atoms with Crippen LogP contribution in [0.25, 0.3) is 12.2 Å². The van der Waals surface area contributed by atoms with E-state index in [2.05, 4.69) is 36.3 Å². The zero-order valence-corrected chi connectivity index (χ0v) is 22.9. The number of aromatic nitrogens is 3. The summed E-state index contributed by atoms with van der Waals surface area (Å²) in [5.41, 5.74) is 10.6. The molecule has 0 radical (unpaired) electrons. The van der Waals surface area contributed by atoms with Crippen molar-refractivity contribution in [3.8, 4) is 0 Å². The number of imidazole rings is 1. The minimum Gasteiger partial charge on any atom is -0.480 e. The molecule has 9 nitrogen and oxygen atoms in total. The van der Waals surface area contributed by atoms with Gasteiger partial charge in [-0.3, -0.25) is 4.79 Å². The largest absolute Gasteiger partial charge is 0.480 e. The van der Waals surface area contributed by atoms with Crippen molar-refractivity contribution in [2.45, 2.75) is 18.5 Å². The fourth-order valence-electron chi connectivity index (χ4n) is 3.83. The predicted molar refractivity (Wildman–Crippen MR) is 144 cm³/mol. The maximum absolute atomic E-state index is 10.3. The van der Waals surface area contributed by atoms with Crippen LogP contribution in [0.5, 0.6) is 0 Å². The fourth-order valence-corrected chi connectivity index (χ4v) is 4.08. The molecule has 6 rings (SSSR count). The monoisotopic (exact) mass is 649 g/mol. The van der Waals surface area contributed by atoms with Gasteiger partial charge < -0.3 is 26.1 Å². The summed E-state index contributed by atoms with van der Waals surface area (Å²) in [5, 5.41) is 13.9. The van der Waals surface area contributed by atoms with E-state index in [-0.39, 0.29) is 52.9 Å². The van der Waals surface area contributed by atoms with Gasteiger partial charge in [0.1, 0.15) is 6.04 Å². The second-order valence-corrected chi connectivity index (χ2v) is 8.86. The number of nitrogens with zero attached hydrogens (tertiary/aromatic N) is 3. The van der Waals surface area contributed by atoms with Crippen LogP contribution < -0.4 is 21.7 Å². The second-order valence-electron chi connectivity index (χ2n) is 8.39. The number of hydrogen-bond acceptors (Lipinski definition) is 7. The van der Waals surface area contributed by atoms with E-state index in [0.717, 1.165) is 44.1 Å². The molecule has 0 spiro atoms. The molecular formula is C26H23N7O2SSm. The number of H-pyrrole nitrogens is 2. The van der Waals surface area contributed by atoms with Crippen LogP contribution in [0.2, 0.25) is 0 Å². The van der Waals surface area contributed by atoms with E-state index in [0.29, 0.717) is 5.69 Å². The van der Waals surface area contributed by atoms with E-state index in [1.165, 1.54) is 6.33 Å². The number of nitrogens with one attached hydrogen (secondary N) is 3. The fraction of sp³-hybridized carbons (Fsp3) is 0.115. The molecule has 186 valence electrons. The van der Waals surface area contributed by atoms with Crippen LogP contribution in [-0.4, -0.2) is 54.4 Å². The molecule has 6 N–H and O–H groups in total. The Morgan fingerprint density at radius 2 is 1.70 bits per heavy atom. The number of carbonyl (C=O) groups is 1. The van der Waals surface area contributed by atoms with Crippen LogP contribution in [0.3, 0.4) is 0 Å². The van der Waals surface area contributed by atoms with Crippen LogP contribution in [0, 0.1) is 40.4 Å². The van der Waals surface area contributed by atoms with Gasteiger partial charge in [-0.15, -0.1) is 0 Å². The number of aromatic amines is 2. The summed E-state index contributed by atoms with van der Waals surface area (Å²) in [4.78, 5) is 30.3. The molecule has 4 aliphatic heterocycles. The van der Waals surface area contributed by atoms with Crippen molar-refractivity contribution < 1.29 is 50.3 Å². The number of carboxylic acids is 1. The summed E-state index contributed by atoms with van der Waals surface area (Å²) in [6, 6.07) is 3.21. The number of carboxylic acid groups (broad SMARTS) is 1. The third kappa shape index (κ3) is 7.03. The van der Waals surface area contributed by atoms with Gasteiger partial charge >= 0.3 is 5.97 Å². The van der Waals surface area contributed by atoms with Crippen molar-refractivity contribution in [1.82, 2.24) is 20.3 Å². The zero-order chi connectivity index (χ0) is 25.1. The maximum atomic E-state index is 10.3. The van der Waals surface area contributed by atoms with E-state index in [1.807, 2.05) is 60.7 Å². The molecule has 8 bridgehead atoms. The maximum Gasteiger partial charge on any atom is 0.320 e. The second kappa shape index (κ2) is 12.0. The van der Waals surface area contributed by atoms with Gasteiger partial charge in [-0.05, 0) is 66.8 Å². The molecule has 0 aromatic carbocycles. The number of nitrogens with two attached hydrogens (primary N) is 1. The van der Waals surface area contributed by atoms with Crippen LogP contribution in [0.1, 0.15) is 5.69 Å². The molecule has 0 aliphatic carbocycles. The van der Waals surface area contributed by atoms with E-state index in [1.54, 1.807) is 6.20 Å². The Hall–Kier alpha value is -3.07. The first-order chi connectivity index (χ1) is 17.4.